The molecule has 1 aromatic carbocycles. The predicted molar refractivity (Wildman–Crippen MR) is 102 cm³/mol. The highest BCUT2D eigenvalue weighted by molar-refractivity contribution is 5.95. The lowest BCUT2D eigenvalue weighted by Crippen LogP contribution is -2.47. The van der Waals surface area contributed by atoms with Crippen LogP contribution in [0.25, 0.3) is 11.2 Å². The highest BCUT2D eigenvalue weighted by Crippen LogP contribution is 2.08. The number of aromatic nitrogens is 4. The van der Waals surface area contributed by atoms with Gasteiger partial charge in [0.2, 0.25) is 11.9 Å². The number of hydrogen-bond donors (Lipinski definition) is 4. The van der Waals surface area contributed by atoms with Crippen LogP contribution in [0.2, 0.25) is 0 Å². The summed E-state index contributed by atoms with van der Waals surface area (Å²) >= 11 is 0. The summed E-state index contributed by atoms with van der Waals surface area (Å²) in [6.45, 7) is 3.63. The second-order valence-electron chi connectivity index (χ2n) is 6.43. The first-order valence-electron chi connectivity index (χ1n) is 8.65. The van der Waals surface area contributed by atoms with Crippen molar-refractivity contribution in [3.05, 3.63) is 52.6 Å². The maximum atomic E-state index is 12.6. The van der Waals surface area contributed by atoms with Gasteiger partial charge in [-0.05, 0) is 11.5 Å². The van der Waals surface area contributed by atoms with Crippen molar-refractivity contribution >= 4 is 29.1 Å². The minimum Gasteiger partial charge on any atom is -0.445 e. The molecule has 10 heteroatoms. The number of carbonyl (C=O) groups is 2. The number of anilines is 1. The quantitative estimate of drug-likeness (QED) is 0.508. The average Bonchev–Trinajstić information content (AvgIpc) is 3.14. The maximum absolute atomic E-state index is 12.6. The third-order valence-corrected chi connectivity index (χ3v) is 3.97. The predicted octanol–water partition coefficient (Wildman–Crippen LogP) is 1.54. The first-order valence-corrected chi connectivity index (χ1v) is 8.65. The summed E-state index contributed by atoms with van der Waals surface area (Å²) in [4.78, 5) is 49.7. The first-order chi connectivity index (χ1) is 13.4. The van der Waals surface area contributed by atoms with Crippen molar-refractivity contribution in [2.45, 2.75) is 26.5 Å². The molecular weight excluding hydrogens is 364 g/mol. The third kappa shape index (κ3) is 4.53. The number of imidazole rings is 1. The van der Waals surface area contributed by atoms with Crippen LogP contribution >= 0.6 is 0 Å². The number of ether oxygens (including phenoxy) is 1. The number of nitrogens with zero attached hydrogens (tertiary/aromatic N) is 2. The summed E-state index contributed by atoms with van der Waals surface area (Å²) < 4.78 is 5.16. The lowest BCUT2D eigenvalue weighted by atomic mass is 10.0. The summed E-state index contributed by atoms with van der Waals surface area (Å²) in [7, 11) is 0. The third-order valence-electron chi connectivity index (χ3n) is 3.97. The lowest BCUT2D eigenvalue weighted by molar-refractivity contribution is -0.119. The summed E-state index contributed by atoms with van der Waals surface area (Å²) in [5.74, 6) is -0.825. The van der Waals surface area contributed by atoms with Crippen LogP contribution in [0.15, 0.2) is 41.5 Å². The van der Waals surface area contributed by atoms with E-state index in [1.807, 2.05) is 30.3 Å². The molecule has 0 saturated heterocycles. The lowest BCUT2D eigenvalue weighted by Gasteiger charge is -2.21. The molecule has 1 atom stereocenters. The van der Waals surface area contributed by atoms with Crippen LogP contribution in [-0.2, 0) is 16.1 Å². The highest BCUT2D eigenvalue weighted by Gasteiger charge is 2.25. The van der Waals surface area contributed by atoms with Crippen LogP contribution in [-0.4, -0.2) is 38.0 Å². The number of amides is 2. The molecule has 10 nitrogen and oxygen atoms in total. The number of rotatable bonds is 6. The standard InChI is InChI=1S/C18H20N6O4/c1-10(2)12(21-18(27)28-8-11-6-4-3-5-7-11)15(25)23-17-22-14-13(16(26)24-17)19-9-20-14/h3-7,9-10,12H,8H2,1-2H3,(H,21,27)(H3,19,20,22,23,24,25,26)/t12-/m0/s1. The van der Waals surface area contributed by atoms with Gasteiger partial charge in [-0.3, -0.25) is 19.9 Å². The Labute approximate surface area is 159 Å². The van der Waals surface area contributed by atoms with Crippen molar-refractivity contribution in [3.8, 4) is 0 Å². The van der Waals surface area contributed by atoms with Crippen LogP contribution in [0.3, 0.4) is 0 Å². The second-order valence-corrected chi connectivity index (χ2v) is 6.43. The highest BCUT2D eigenvalue weighted by atomic mass is 16.5. The molecule has 0 aliphatic carbocycles. The Hall–Kier alpha value is -3.69. The van der Waals surface area contributed by atoms with Crippen LogP contribution in [0.5, 0.6) is 0 Å². The molecule has 4 N–H and O–H groups in total. The van der Waals surface area contributed by atoms with Crippen molar-refractivity contribution < 1.29 is 14.3 Å². The Morgan fingerprint density at radius 1 is 1.21 bits per heavy atom. The van der Waals surface area contributed by atoms with E-state index in [9.17, 15) is 14.4 Å². The van der Waals surface area contributed by atoms with Gasteiger partial charge < -0.3 is 15.0 Å². The molecular formula is C18H20N6O4. The zero-order valence-corrected chi connectivity index (χ0v) is 15.4. The Morgan fingerprint density at radius 3 is 2.68 bits per heavy atom. The number of carbonyl (C=O) groups excluding carboxylic acids is 2. The van der Waals surface area contributed by atoms with Crippen molar-refractivity contribution in [1.82, 2.24) is 25.3 Å². The van der Waals surface area contributed by atoms with Gasteiger partial charge in [0.15, 0.2) is 11.2 Å². The smallest absolute Gasteiger partial charge is 0.408 e. The van der Waals surface area contributed by atoms with Gasteiger partial charge in [-0.1, -0.05) is 44.2 Å². The summed E-state index contributed by atoms with van der Waals surface area (Å²) in [5.41, 5.74) is 0.753. The van der Waals surface area contributed by atoms with Crippen LogP contribution in [0, 0.1) is 5.92 Å². The summed E-state index contributed by atoms with van der Waals surface area (Å²) in [6.07, 6.45) is 0.613. The fraction of sp³-hybridized carbons (Fsp3) is 0.278. The first kappa shape index (κ1) is 19.1. The molecule has 0 spiro atoms. The Balaban J connectivity index is 1.64. The van der Waals surface area contributed by atoms with Crippen LogP contribution in [0.1, 0.15) is 19.4 Å². The minimum absolute atomic E-state index is 0.0558. The van der Waals surface area contributed by atoms with E-state index in [0.29, 0.717) is 0 Å². The van der Waals surface area contributed by atoms with Crippen LogP contribution in [0.4, 0.5) is 10.7 Å². The van der Waals surface area contributed by atoms with E-state index < -0.39 is 23.6 Å². The molecule has 0 saturated carbocycles. The SMILES string of the molecule is CC(C)[C@H](NC(=O)OCc1ccccc1)C(=O)Nc1nc2nc[nH]c2c(=O)[nH]1. The number of hydrogen-bond acceptors (Lipinski definition) is 6. The van der Waals surface area contributed by atoms with Gasteiger partial charge >= 0.3 is 6.09 Å². The van der Waals surface area contributed by atoms with E-state index >= 15 is 0 Å². The molecule has 0 radical (unpaired) electrons. The number of benzene rings is 1. The van der Waals surface area contributed by atoms with E-state index in [-0.39, 0.29) is 29.6 Å². The molecule has 0 unspecified atom stereocenters. The fourth-order valence-corrected chi connectivity index (χ4v) is 2.52. The fourth-order valence-electron chi connectivity index (χ4n) is 2.52. The molecule has 0 aliphatic rings. The minimum atomic E-state index is -0.886. The van der Waals surface area contributed by atoms with Gasteiger partial charge in [-0.15, -0.1) is 0 Å². The number of H-pyrrole nitrogens is 2. The molecule has 146 valence electrons. The molecule has 3 aromatic rings. The Bertz CT molecular complexity index is 1030. The number of aromatic amines is 2. The molecule has 3 rings (SSSR count). The number of nitrogens with one attached hydrogen (secondary N) is 4. The van der Waals surface area contributed by atoms with E-state index in [4.69, 9.17) is 4.74 Å². The monoisotopic (exact) mass is 384 g/mol. The largest absolute Gasteiger partial charge is 0.445 e. The summed E-state index contributed by atoms with van der Waals surface area (Å²) in [5, 5.41) is 5.03. The average molecular weight is 384 g/mol. The molecule has 2 amide bonds. The molecule has 2 heterocycles. The van der Waals surface area contributed by atoms with Crippen molar-refractivity contribution in [3.63, 3.8) is 0 Å². The van der Waals surface area contributed by atoms with Crippen LogP contribution < -0.4 is 16.2 Å². The molecule has 28 heavy (non-hydrogen) atoms. The Kier molecular flexibility index (Phi) is 5.68. The zero-order chi connectivity index (χ0) is 20.1. The zero-order valence-electron chi connectivity index (χ0n) is 15.4. The maximum Gasteiger partial charge on any atom is 0.408 e. The van der Waals surface area contributed by atoms with E-state index in [1.54, 1.807) is 13.8 Å². The van der Waals surface area contributed by atoms with Gasteiger partial charge in [-0.25, -0.2) is 9.78 Å². The van der Waals surface area contributed by atoms with Crippen molar-refractivity contribution in [1.29, 1.82) is 0 Å². The van der Waals surface area contributed by atoms with E-state index in [0.717, 1.165) is 5.56 Å². The van der Waals surface area contributed by atoms with Crippen molar-refractivity contribution in [2.75, 3.05) is 5.32 Å². The molecule has 0 bridgehead atoms. The number of alkyl carbamates (subject to hydrolysis) is 1. The van der Waals surface area contributed by atoms with Crippen molar-refractivity contribution in [2.24, 2.45) is 5.92 Å². The molecule has 0 aliphatic heterocycles. The normalized spacial score (nSPS) is 12.0. The van der Waals surface area contributed by atoms with Gasteiger partial charge in [0.1, 0.15) is 12.6 Å². The number of fused-ring (bicyclic) bond motifs is 1. The second kappa shape index (κ2) is 8.33. The molecule has 0 fully saturated rings. The van der Waals surface area contributed by atoms with Gasteiger partial charge in [0.05, 0.1) is 6.33 Å². The summed E-state index contributed by atoms with van der Waals surface area (Å²) in [6, 6.07) is 8.31. The van der Waals surface area contributed by atoms with Gasteiger partial charge in [0, 0.05) is 0 Å². The van der Waals surface area contributed by atoms with Gasteiger partial charge in [-0.2, -0.15) is 4.98 Å². The van der Waals surface area contributed by atoms with Gasteiger partial charge in [0.25, 0.3) is 5.56 Å². The van der Waals surface area contributed by atoms with E-state index in [2.05, 4.69) is 30.6 Å². The Morgan fingerprint density at radius 2 is 1.96 bits per heavy atom. The molecule has 2 aromatic heterocycles. The van der Waals surface area contributed by atoms with E-state index in [1.165, 1.54) is 6.33 Å². The topological polar surface area (TPSA) is 142 Å².